The monoisotopic (exact) mass is 284 g/mol. The molecule has 2 N–H and O–H groups in total. The van der Waals surface area contributed by atoms with Gasteiger partial charge in [-0.1, -0.05) is 30.3 Å². The lowest BCUT2D eigenvalue weighted by atomic mass is 10.2. The lowest BCUT2D eigenvalue weighted by Crippen LogP contribution is -2.15. The molecule has 0 amide bonds. The maximum absolute atomic E-state index is 11.1. The van der Waals surface area contributed by atoms with Gasteiger partial charge in [-0.15, -0.1) is 5.10 Å². The maximum Gasteiger partial charge on any atom is 0.356 e. The van der Waals surface area contributed by atoms with E-state index in [0.29, 0.717) is 17.5 Å². The molecule has 1 aromatic carbocycles. The van der Waals surface area contributed by atoms with Gasteiger partial charge in [0, 0.05) is 11.6 Å². The van der Waals surface area contributed by atoms with Crippen molar-refractivity contribution in [3.05, 3.63) is 60.0 Å². The third kappa shape index (κ3) is 2.82. The van der Waals surface area contributed by atoms with Crippen LogP contribution in [0.25, 0.3) is 10.9 Å². The third-order valence-corrected chi connectivity index (χ3v) is 2.87. The van der Waals surface area contributed by atoms with E-state index >= 15 is 0 Å². The summed E-state index contributed by atoms with van der Waals surface area (Å²) in [4.78, 5) is 21.5. The maximum atomic E-state index is 11.1. The molecular formula is C14H12N4O3. The third-order valence-electron chi connectivity index (χ3n) is 2.87. The molecule has 21 heavy (non-hydrogen) atoms. The first kappa shape index (κ1) is 13.1. The molecule has 0 radical (unpaired) electrons. The van der Waals surface area contributed by atoms with Crippen molar-refractivity contribution >= 4 is 16.9 Å². The minimum Gasteiger partial charge on any atom is -0.476 e. The molecular weight excluding hydrogens is 272 g/mol. The number of fused-ring (bicyclic) bond motifs is 1. The van der Waals surface area contributed by atoms with E-state index in [9.17, 15) is 4.79 Å². The number of aromatic carboxylic acids is 1. The highest BCUT2D eigenvalue weighted by atomic mass is 16.7. The average molecular weight is 284 g/mol. The van der Waals surface area contributed by atoms with E-state index in [1.54, 1.807) is 12.3 Å². The number of hydrogen-bond donors (Lipinski definition) is 2. The Labute approximate surface area is 119 Å². The number of pyridine rings is 1. The number of carboxylic acid groups (broad SMARTS) is 1. The van der Waals surface area contributed by atoms with Crippen LogP contribution in [0.4, 0.5) is 0 Å². The van der Waals surface area contributed by atoms with Crippen molar-refractivity contribution in [3.8, 4) is 0 Å². The van der Waals surface area contributed by atoms with Gasteiger partial charge < -0.3 is 5.11 Å². The van der Waals surface area contributed by atoms with Crippen LogP contribution in [-0.2, 0) is 11.4 Å². The van der Waals surface area contributed by atoms with Crippen LogP contribution in [0.1, 0.15) is 16.1 Å². The van der Waals surface area contributed by atoms with Gasteiger partial charge in [-0.05, 0) is 11.6 Å². The number of aromatic nitrogens is 3. The number of carbonyl (C=O) groups is 1. The number of nitrogens with one attached hydrogen (secondary N) is 1. The van der Waals surface area contributed by atoms with Gasteiger partial charge in [-0.3, -0.25) is 4.84 Å². The average Bonchev–Trinajstić information content (AvgIpc) is 2.90. The summed E-state index contributed by atoms with van der Waals surface area (Å²) >= 11 is 0. The number of benzene rings is 1. The van der Waals surface area contributed by atoms with Gasteiger partial charge in [0.15, 0.2) is 5.69 Å². The highest BCUT2D eigenvalue weighted by Gasteiger charge is 2.13. The van der Waals surface area contributed by atoms with Crippen LogP contribution in [-0.4, -0.2) is 25.9 Å². The van der Waals surface area contributed by atoms with E-state index in [4.69, 9.17) is 9.94 Å². The standard InChI is InChI=1S/C14H12N4O3/c19-14(20)13-12-11(6-7-15-13)8-18(16-12)17-21-9-10-4-2-1-3-5-10/h1-8,17H,9H2,(H,19,20). The van der Waals surface area contributed by atoms with E-state index in [0.717, 1.165) is 5.56 Å². The summed E-state index contributed by atoms with van der Waals surface area (Å²) in [6.07, 6.45) is 3.07. The van der Waals surface area contributed by atoms with E-state index < -0.39 is 5.97 Å². The van der Waals surface area contributed by atoms with Gasteiger partial charge in [0.25, 0.3) is 0 Å². The Morgan fingerprint density at radius 1 is 1.29 bits per heavy atom. The minimum absolute atomic E-state index is 0.0869. The highest BCUT2D eigenvalue weighted by Crippen LogP contribution is 2.14. The summed E-state index contributed by atoms with van der Waals surface area (Å²) in [5.74, 6) is -1.11. The zero-order chi connectivity index (χ0) is 14.7. The molecule has 2 heterocycles. The fraction of sp³-hybridized carbons (Fsp3) is 0.0714. The Balaban J connectivity index is 1.73. The van der Waals surface area contributed by atoms with Gasteiger partial charge in [0.05, 0.1) is 6.20 Å². The molecule has 0 saturated heterocycles. The lowest BCUT2D eigenvalue weighted by Gasteiger charge is -2.05. The molecule has 7 heteroatoms. The van der Waals surface area contributed by atoms with Crippen LogP contribution in [0.15, 0.2) is 48.8 Å². The normalized spacial score (nSPS) is 10.7. The predicted octanol–water partition coefficient (Wildman–Crippen LogP) is 1.80. The summed E-state index contributed by atoms with van der Waals surface area (Å²) in [5, 5.41) is 13.8. The van der Waals surface area contributed by atoms with Gasteiger partial charge in [-0.2, -0.15) is 10.4 Å². The van der Waals surface area contributed by atoms with Crippen molar-refractivity contribution in [2.24, 2.45) is 0 Å². The minimum atomic E-state index is -1.11. The van der Waals surface area contributed by atoms with Crippen molar-refractivity contribution in [2.45, 2.75) is 6.61 Å². The molecule has 0 aliphatic heterocycles. The quantitative estimate of drug-likeness (QED) is 0.694. The Morgan fingerprint density at radius 2 is 2.10 bits per heavy atom. The van der Waals surface area contributed by atoms with E-state index in [-0.39, 0.29) is 5.69 Å². The van der Waals surface area contributed by atoms with Crippen LogP contribution in [0, 0.1) is 0 Å². The number of rotatable bonds is 5. The SMILES string of the molecule is O=C(O)c1nccc2cn(NOCc3ccccc3)nc12. The van der Waals surface area contributed by atoms with E-state index in [2.05, 4.69) is 15.7 Å². The second-order valence-corrected chi connectivity index (χ2v) is 4.34. The summed E-state index contributed by atoms with van der Waals surface area (Å²) in [6, 6.07) is 11.3. The molecule has 2 aromatic heterocycles. The Bertz CT molecular complexity index is 770. The molecule has 106 valence electrons. The molecule has 3 aromatic rings. The smallest absolute Gasteiger partial charge is 0.356 e. The van der Waals surface area contributed by atoms with Crippen LogP contribution in [0.2, 0.25) is 0 Å². The first-order chi connectivity index (χ1) is 10.2. The summed E-state index contributed by atoms with van der Waals surface area (Å²) in [6.45, 7) is 0.362. The van der Waals surface area contributed by atoms with Crippen LogP contribution in [0.5, 0.6) is 0 Å². The highest BCUT2D eigenvalue weighted by molar-refractivity contribution is 5.99. The molecule has 0 saturated carbocycles. The first-order valence-electron chi connectivity index (χ1n) is 6.23. The largest absolute Gasteiger partial charge is 0.476 e. The number of nitrogens with zero attached hydrogens (tertiary/aromatic N) is 3. The van der Waals surface area contributed by atoms with Crippen molar-refractivity contribution in [2.75, 3.05) is 5.59 Å². The van der Waals surface area contributed by atoms with Gasteiger partial charge in [0.2, 0.25) is 0 Å². The Morgan fingerprint density at radius 3 is 2.86 bits per heavy atom. The van der Waals surface area contributed by atoms with Crippen molar-refractivity contribution in [1.82, 2.24) is 14.9 Å². The van der Waals surface area contributed by atoms with E-state index in [1.165, 1.54) is 11.0 Å². The van der Waals surface area contributed by atoms with Gasteiger partial charge >= 0.3 is 5.97 Å². The molecule has 0 fully saturated rings. The van der Waals surface area contributed by atoms with Crippen LogP contribution < -0.4 is 5.59 Å². The second-order valence-electron chi connectivity index (χ2n) is 4.34. The van der Waals surface area contributed by atoms with Gasteiger partial charge in [0.1, 0.15) is 12.1 Å². The van der Waals surface area contributed by atoms with Crippen molar-refractivity contribution in [1.29, 1.82) is 0 Å². The Hall–Kier alpha value is -2.93. The molecule has 0 atom stereocenters. The Kier molecular flexibility index (Phi) is 3.48. The summed E-state index contributed by atoms with van der Waals surface area (Å²) in [7, 11) is 0. The molecule has 0 bridgehead atoms. The topological polar surface area (TPSA) is 89.3 Å². The zero-order valence-electron chi connectivity index (χ0n) is 10.9. The predicted molar refractivity (Wildman–Crippen MR) is 75.1 cm³/mol. The fourth-order valence-corrected chi connectivity index (χ4v) is 1.91. The van der Waals surface area contributed by atoms with E-state index in [1.807, 2.05) is 30.3 Å². The molecule has 0 spiro atoms. The molecule has 0 aliphatic carbocycles. The zero-order valence-corrected chi connectivity index (χ0v) is 10.9. The van der Waals surface area contributed by atoms with Crippen LogP contribution >= 0.6 is 0 Å². The fourth-order valence-electron chi connectivity index (χ4n) is 1.91. The van der Waals surface area contributed by atoms with Crippen LogP contribution in [0.3, 0.4) is 0 Å². The second kappa shape index (κ2) is 5.59. The number of carboxylic acids is 1. The molecule has 7 nitrogen and oxygen atoms in total. The molecule has 0 unspecified atom stereocenters. The summed E-state index contributed by atoms with van der Waals surface area (Å²) < 4.78 is 0. The molecule has 0 aliphatic rings. The first-order valence-corrected chi connectivity index (χ1v) is 6.23. The van der Waals surface area contributed by atoms with Crippen molar-refractivity contribution in [3.63, 3.8) is 0 Å². The molecule has 3 rings (SSSR count). The number of hydrogen-bond acceptors (Lipinski definition) is 5. The van der Waals surface area contributed by atoms with Gasteiger partial charge in [-0.25, -0.2) is 9.78 Å². The van der Waals surface area contributed by atoms with Crippen molar-refractivity contribution < 1.29 is 14.7 Å². The summed E-state index contributed by atoms with van der Waals surface area (Å²) in [5.41, 5.74) is 3.86. The lowest BCUT2D eigenvalue weighted by molar-refractivity contribution is 0.0692.